The summed E-state index contributed by atoms with van der Waals surface area (Å²) < 4.78 is 2.13. The van der Waals surface area contributed by atoms with Gasteiger partial charge in [-0.25, -0.2) is 14.6 Å². The number of hydrogen-bond donors (Lipinski definition) is 2. The van der Waals surface area contributed by atoms with Crippen LogP contribution in [-0.4, -0.2) is 37.5 Å². The van der Waals surface area contributed by atoms with E-state index in [9.17, 15) is 0 Å². The SMILES string of the molecule is CCCCCSC(CCCn1ccnc1)c1ccc(Cl)cc1Cl.O=C(O)C(=O)O. The van der Waals surface area contributed by atoms with Crippen LogP contribution in [0.25, 0.3) is 0 Å². The standard InChI is InChI=1S/C18H24Cl2N2S.C2H2O4/c1-2-3-4-12-23-18(6-5-10-22-11-9-21-14-22)16-8-7-15(19)13-17(16)20;3-1(4)2(5)6/h7-9,11,13-14,18H,2-6,10,12H2,1H3;(H,3,4)(H,5,6). The van der Waals surface area contributed by atoms with E-state index in [1.165, 1.54) is 30.6 Å². The van der Waals surface area contributed by atoms with Crippen molar-refractivity contribution in [2.75, 3.05) is 5.75 Å². The van der Waals surface area contributed by atoms with Crippen molar-refractivity contribution in [3.63, 3.8) is 0 Å². The summed E-state index contributed by atoms with van der Waals surface area (Å²) in [7, 11) is 0. The van der Waals surface area contributed by atoms with Crippen LogP contribution in [0.3, 0.4) is 0 Å². The number of carboxylic acid groups (broad SMARTS) is 2. The van der Waals surface area contributed by atoms with E-state index in [2.05, 4.69) is 22.5 Å². The molecule has 0 bridgehead atoms. The zero-order chi connectivity index (χ0) is 21.6. The molecule has 1 aromatic heterocycles. The van der Waals surface area contributed by atoms with Crippen molar-refractivity contribution in [1.82, 2.24) is 9.55 Å². The van der Waals surface area contributed by atoms with Crippen LogP contribution in [0.15, 0.2) is 36.9 Å². The number of unbranched alkanes of at least 4 members (excludes halogenated alkanes) is 2. The molecule has 1 unspecified atom stereocenters. The first-order valence-corrected chi connectivity index (χ1v) is 11.1. The Morgan fingerprint density at radius 1 is 1.17 bits per heavy atom. The molecule has 2 N–H and O–H groups in total. The van der Waals surface area contributed by atoms with Crippen LogP contribution < -0.4 is 0 Å². The van der Waals surface area contributed by atoms with Crippen molar-refractivity contribution in [2.45, 2.75) is 50.8 Å². The number of hydrogen-bond acceptors (Lipinski definition) is 4. The minimum absolute atomic E-state index is 0.431. The number of halogens is 2. The third-order valence-electron chi connectivity index (χ3n) is 4.00. The van der Waals surface area contributed by atoms with E-state index >= 15 is 0 Å². The Labute approximate surface area is 185 Å². The second-order valence-electron chi connectivity index (χ2n) is 6.29. The number of benzene rings is 1. The van der Waals surface area contributed by atoms with E-state index in [1.807, 2.05) is 42.6 Å². The van der Waals surface area contributed by atoms with Crippen LogP contribution in [0.4, 0.5) is 0 Å². The van der Waals surface area contributed by atoms with Gasteiger partial charge >= 0.3 is 11.9 Å². The van der Waals surface area contributed by atoms with Gasteiger partial charge in [0.15, 0.2) is 0 Å². The molecule has 0 saturated heterocycles. The van der Waals surface area contributed by atoms with Crippen LogP contribution in [0.2, 0.25) is 10.0 Å². The lowest BCUT2D eigenvalue weighted by atomic mass is 10.1. The molecule has 6 nitrogen and oxygen atoms in total. The van der Waals surface area contributed by atoms with Gasteiger partial charge in [-0.1, -0.05) is 49.0 Å². The van der Waals surface area contributed by atoms with Crippen molar-refractivity contribution >= 4 is 46.9 Å². The summed E-state index contributed by atoms with van der Waals surface area (Å²) in [5, 5.41) is 16.7. The van der Waals surface area contributed by atoms with Crippen molar-refractivity contribution in [3.8, 4) is 0 Å². The van der Waals surface area contributed by atoms with Crippen molar-refractivity contribution < 1.29 is 19.8 Å². The number of carbonyl (C=O) groups is 2. The summed E-state index contributed by atoms with van der Waals surface area (Å²) in [6.45, 7) is 3.24. The van der Waals surface area contributed by atoms with Crippen LogP contribution in [0.5, 0.6) is 0 Å². The number of nitrogens with zero attached hydrogens (tertiary/aromatic N) is 2. The van der Waals surface area contributed by atoms with Gasteiger partial charge in [0, 0.05) is 34.2 Å². The van der Waals surface area contributed by atoms with Gasteiger partial charge in [-0.3, -0.25) is 0 Å². The molecule has 2 rings (SSSR count). The average Bonchev–Trinajstić information content (AvgIpc) is 3.18. The molecule has 2 aromatic rings. The van der Waals surface area contributed by atoms with Gasteiger partial charge in [0.25, 0.3) is 0 Å². The van der Waals surface area contributed by atoms with Crippen LogP contribution in [0.1, 0.15) is 49.8 Å². The highest BCUT2D eigenvalue weighted by Gasteiger charge is 2.15. The Balaban J connectivity index is 0.000000612. The monoisotopic (exact) mass is 460 g/mol. The first-order valence-electron chi connectivity index (χ1n) is 9.33. The third kappa shape index (κ3) is 10.6. The number of aryl methyl sites for hydroxylation is 1. The van der Waals surface area contributed by atoms with E-state index in [1.54, 1.807) is 0 Å². The molecule has 0 aliphatic rings. The smallest absolute Gasteiger partial charge is 0.414 e. The van der Waals surface area contributed by atoms with Crippen LogP contribution >= 0.6 is 35.0 Å². The van der Waals surface area contributed by atoms with E-state index < -0.39 is 11.9 Å². The van der Waals surface area contributed by atoms with Gasteiger partial charge in [0.05, 0.1) is 6.33 Å². The number of imidazole rings is 1. The zero-order valence-corrected chi connectivity index (χ0v) is 18.6. The molecule has 0 aliphatic heterocycles. The van der Waals surface area contributed by atoms with Crippen molar-refractivity contribution in [3.05, 3.63) is 52.5 Å². The molecular formula is C20H26Cl2N2O4S. The predicted molar refractivity (Wildman–Crippen MR) is 118 cm³/mol. The second kappa shape index (κ2) is 14.3. The summed E-state index contributed by atoms with van der Waals surface area (Å²) in [4.78, 5) is 22.3. The normalized spacial score (nSPS) is 11.4. The first-order chi connectivity index (χ1) is 13.8. The number of thioether (sulfide) groups is 1. The molecule has 160 valence electrons. The summed E-state index contributed by atoms with van der Waals surface area (Å²) in [6, 6.07) is 5.88. The average molecular weight is 461 g/mol. The number of aliphatic carboxylic acids is 2. The molecule has 0 radical (unpaired) electrons. The van der Waals surface area contributed by atoms with E-state index in [4.69, 9.17) is 43.0 Å². The lowest BCUT2D eigenvalue weighted by Crippen LogP contribution is -2.09. The molecule has 0 amide bonds. The highest BCUT2D eigenvalue weighted by atomic mass is 35.5. The zero-order valence-electron chi connectivity index (χ0n) is 16.3. The Bertz CT molecular complexity index is 745. The quantitative estimate of drug-likeness (QED) is 0.344. The van der Waals surface area contributed by atoms with Crippen molar-refractivity contribution in [1.29, 1.82) is 0 Å². The molecule has 29 heavy (non-hydrogen) atoms. The lowest BCUT2D eigenvalue weighted by molar-refractivity contribution is -0.159. The fourth-order valence-corrected chi connectivity index (χ4v) is 4.53. The molecule has 0 fully saturated rings. The molecule has 9 heteroatoms. The molecular weight excluding hydrogens is 435 g/mol. The summed E-state index contributed by atoms with van der Waals surface area (Å²) >= 11 is 14.5. The van der Waals surface area contributed by atoms with Gasteiger partial charge in [-0.2, -0.15) is 11.8 Å². The maximum atomic E-state index is 9.10. The summed E-state index contributed by atoms with van der Waals surface area (Å²) in [6.07, 6.45) is 11.8. The van der Waals surface area contributed by atoms with Gasteiger partial charge in [-0.15, -0.1) is 0 Å². The van der Waals surface area contributed by atoms with E-state index in [-0.39, 0.29) is 0 Å². The third-order valence-corrected chi connectivity index (χ3v) is 5.98. The molecule has 1 aromatic carbocycles. The molecule has 0 aliphatic carbocycles. The lowest BCUT2D eigenvalue weighted by Gasteiger charge is -2.19. The largest absolute Gasteiger partial charge is 0.473 e. The minimum atomic E-state index is -1.82. The fraction of sp³-hybridized carbons (Fsp3) is 0.450. The maximum absolute atomic E-state index is 9.10. The van der Waals surface area contributed by atoms with Crippen LogP contribution in [0, 0.1) is 0 Å². The first kappa shape index (κ1) is 25.3. The maximum Gasteiger partial charge on any atom is 0.414 e. The Morgan fingerprint density at radius 2 is 1.90 bits per heavy atom. The molecule has 1 heterocycles. The number of rotatable bonds is 10. The number of carboxylic acids is 2. The Hall–Kier alpha value is -1.70. The summed E-state index contributed by atoms with van der Waals surface area (Å²) in [5.41, 5.74) is 1.21. The van der Waals surface area contributed by atoms with E-state index in [0.29, 0.717) is 10.3 Å². The van der Waals surface area contributed by atoms with Gasteiger partial charge in [0.1, 0.15) is 0 Å². The molecule has 1 atom stereocenters. The minimum Gasteiger partial charge on any atom is -0.473 e. The Kier molecular flexibility index (Phi) is 12.5. The topological polar surface area (TPSA) is 92.4 Å². The fourth-order valence-electron chi connectivity index (χ4n) is 2.55. The van der Waals surface area contributed by atoms with Crippen LogP contribution in [-0.2, 0) is 16.1 Å². The predicted octanol–water partition coefficient (Wildman–Crippen LogP) is 5.79. The van der Waals surface area contributed by atoms with Gasteiger partial charge in [-0.05, 0) is 42.7 Å². The Morgan fingerprint density at radius 3 is 2.45 bits per heavy atom. The van der Waals surface area contributed by atoms with E-state index in [0.717, 1.165) is 24.4 Å². The summed E-state index contributed by atoms with van der Waals surface area (Å²) in [5.74, 6) is -2.47. The highest BCUT2D eigenvalue weighted by Crippen LogP contribution is 2.38. The molecule has 0 spiro atoms. The number of aromatic nitrogens is 2. The van der Waals surface area contributed by atoms with Gasteiger partial charge < -0.3 is 14.8 Å². The van der Waals surface area contributed by atoms with Crippen molar-refractivity contribution in [2.24, 2.45) is 0 Å². The molecule has 0 saturated carbocycles. The highest BCUT2D eigenvalue weighted by molar-refractivity contribution is 7.99. The van der Waals surface area contributed by atoms with Gasteiger partial charge in [0.2, 0.25) is 0 Å². The second-order valence-corrected chi connectivity index (χ2v) is 8.44.